The summed E-state index contributed by atoms with van der Waals surface area (Å²) in [6.07, 6.45) is 1.20. The van der Waals surface area contributed by atoms with Gasteiger partial charge < -0.3 is 11.1 Å². The first-order chi connectivity index (χ1) is 9.56. The van der Waals surface area contributed by atoms with Crippen LogP contribution < -0.4 is 11.1 Å². The molecule has 0 heterocycles. The fourth-order valence-electron chi connectivity index (χ4n) is 2.23. The average Bonchev–Trinajstić information content (AvgIpc) is 2.44. The zero-order valence-electron chi connectivity index (χ0n) is 12.5. The van der Waals surface area contributed by atoms with E-state index in [-0.39, 0.29) is 30.4 Å². The van der Waals surface area contributed by atoms with Gasteiger partial charge in [0.1, 0.15) is 0 Å². The highest BCUT2D eigenvalue weighted by atomic mass is 35.5. The average molecular weight is 307 g/mol. The number of nitrogens with one attached hydrogen (secondary N) is 1. The van der Waals surface area contributed by atoms with Gasteiger partial charge in [0.2, 0.25) is 5.91 Å². The van der Waals surface area contributed by atoms with Crippen LogP contribution in [0.15, 0.2) is 42.5 Å². The summed E-state index contributed by atoms with van der Waals surface area (Å²) in [6, 6.07) is 14.6. The summed E-state index contributed by atoms with van der Waals surface area (Å²) in [5.41, 5.74) is 6.79. The van der Waals surface area contributed by atoms with Crippen LogP contribution in [0.2, 0.25) is 0 Å². The molecule has 0 aliphatic heterocycles. The van der Waals surface area contributed by atoms with E-state index in [9.17, 15) is 4.79 Å². The van der Waals surface area contributed by atoms with E-state index in [1.807, 2.05) is 26.0 Å². The Hall–Kier alpha value is -1.58. The Kier molecular flexibility index (Phi) is 6.66. The summed E-state index contributed by atoms with van der Waals surface area (Å²) in [6.45, 7) is 3.92. The molecule has 114 valence electrons. The number of rotatable bonds is 5. The van der Waals surface area contributed by atoms with Crippen molar-refractivity contribution < 1.29 is 4.79 Å². The minimum Gasteiger partial charge on any atom is -0.350 e. The van der Waals surface area contributed by atoms with E-state index in [1.165, 1.54) is 10.8 Å². The number of amides is 1. The smallest absolute Gasteiger partial charge is 0.220 e. The quantitative estimate of drug-likeness (QED) is 0.887. The Balaban J connectivity index is 0.00000220. The van der Waals surface area contributed by atoms with Gasteiger partial charge >= 0.3 is 0 Å². The molecule has 0 saturated carbocycles. The molecule has 0 aliphatic carbocycles. The van der Waals surface area contributed by atoms with Gasteiger partial charge in [-0.1, -0.05) is 36.4 Å². The van der Waals surface area contributed by atoms with Crippen LogP contribution in [0.5, 0.6) is 0 Å². The fraction of sp³-hybridized carbons (Fsp3) is 0.353. The number of nitrogens with two attached hydrogens (primary N) is 1. The molecule has 0 saturated heterocycles. The lowest BCUT2D eigenvalue weighted by molar-refractivity contribution is -0.121. The summed E-state index contributed by atoms with van der Waals surface area (Å²) < 4.78 is 0. The Morgan fingerprint density at radius 1 is 1.14 bits per heavy atom. The monoisotopic (exact) mass is 306 g/mol. The van der Waals surface area contributed by atoms with Crippen molar-refractivity contribution in [2.75, 3.05) is 0 Å². The van der Waals surface area contributed by atoms with Gasteiger partial charge in [0.25, 0.3) is 0 Å². The molecule has 3 nitrogen and oxygen atoms in total. The zero-order chi connectivity index (χ0) is 14.5. The van der Waals surface area contributed by atoms with Crippen molar-refractivity contribution in [2.45, 2.75) is 38.8 Å². The highest BCUT2D eigenvalue weighted by Gasteiger charge is 2.10. The van der Waals surface area contributed by atoms with Crippen LogP contribution in [0.1, 0.15) is 38.3 Å². The van der Waals surface area contributed by atoms with E-state index in [0.717, 1.165) is 12.0 Å². The predicted molar refractivity (Wildman–Crippen MR) is 90.6 cm³/mol. The molecular formula is C17H23ClN2O. The van der Waals surface area contributed by atoms with Crippen molar-refractivity contribution in [1.29, 1.82) is 0 Å². The van der Waals surface area contributed by atoms with E-state index >= 15 is 0 Å². The summed E-state index contributed by atoms with van der Waals surface area (Å²) in [5, 5.41) is 5.43. The second-order valence-electron chi connectivity index (χ2n) is 5.41. The number of halogens is 1. The number of carbonyl (C=O) groups excluding carboxylic acids is 1. The molecule has 3 N–H and O–H groups in total. The molecule has 0 spiro atoms. The third-order valence-electron chi connectivity index (χ3n) is 3.48. The van der Waals surface area contributed by atoms with Gasteiger partial charge in [0, 0.05) is 12.5 Å². The summed E-state index contributed by atoms with van der Waals surface area (Å²) in [5.74, 6) is 0.0583. The highest BCUT2D eigenvalue weighted by molar-refractivity contribution is 5.85. The molecule has 2 unspecified atom stereocenters. The maximum absolute atomic E-state index is 11.8. The van der Waals surface area contributed by atoms with E-state index in [0.29, 0.717) is 6.42 Å². The minimum atomic E-state index is 0. The number of benzene rings is 2. The van der Waals surface area contributed by atoms with Crippen molar-refractivity contribution in [1.82, 2.24) is 5.32 Å². The molecule has 1 amide bonds. The van der Waals surface area contributed by atoms with Gasteiger partial charge in [0.15, 0.2) is 0 Å². The van der Waals surface area contributed by atoms with Crippen LogP contribution in [0.4, 0.5) is 0 Å². The van der Waals surface area contributed by atoms with Crippen LogP contribution in [0.25, 0.3) is 10.8 Å². The maximum Gasteiger partial charge on any atom is 0.220 e. The van der Waals surface area contributed by atoms with Gasteiger partial charge in [0.05, 0.1) is 6.04 Å². The second-order valence-corrected chi connectivity index (χ2v) is 5.41. The van der Waals surface area contributed by atoms with E-state index in [4.69, 9.17) is 5.73 Å². The third kappa shape index (κ3) is 5.03. The normalized spacial score (nSPS) is 13.3. The van der Waals surface area contributed by atoms with Crippen molar-refractivity contribution in [3.8, 4) is 0 Å². The second kappa shape index (κ2) is 8.01. The molecule has 0 aromatic heterocycles. The number of carbonyl (C=O) groups is 1. The van der Waals surface area contributed by atoms with Crippen LogP contribution in [0.3, 0.4) is 0 Å². The number of hydrogen-bond acceptors (Lipinski definition) is 2. The Bertz CT molecular complexity index is 598. The minimum absolute atomic E-state index is 0. The first-order valence-electron chi connectivity index (χ1n) is 7.10. The summed E-state index contributed by atoms with van der Waals surface area (Å²) >= 11 is 0. The Labute approximate surface area is 132 Å². The first kappa shape index (κ1) is 17.5. The highest BCUT2D eigenvalue weighted by Crippen LogP contribution is 2.20. The maximum atomic E-state index is 11.8. The van der Waals surface area contributed by atoms with Crippen molar-refractivity contribution in [3.05, 3.63) is 48.0 Å². The largest absolute Gasteiger partial charge is 0.350 e. The molecule has 4 heteroatoms. The van der Waals surface area contributed by atoms with Gasteiger partial charge in [-0.05, 0) is 42.7 Å². The predicted octanol–water partition coefficient (Wildman–Crippen LogP) is 3.57. The molecule has 2 aromatic carbocycles. The molecule has 0 radical (unpaired) electrons. The van der Waals surface area contributed by atoms with Crippen molar-refractivity contribution in [3.63, 3.8) is 0 Å². The van der Waals surface area contributed by atoms with Crippen LogP contribution in [-0.4, -0.2) is 11.9 Å². The van der Waals surface area contributed by atoms with Crippen LogP contribution in [0, 0.1) is 0 Å². The fourth-order valence-corrected chi connectivity index (χ4v) is 2.23. The van der Waals surface area contributed by atoms with Crippen molar-refractivity contribution in [2.24, 2.45) is 5.73 Å². The molecule has 0 aliphatic rings. The molecule has 2 aromatic rings. The van der Waals surface area contributed by atoms with Gasteiger partial charge in [-0.3, -0.25) is 4.79 Å². The number of fused-ring (bicyclic) bond motifs is 1. The molecule has 21 heavy (non-hydrogen) atoms. The van der Waals surface area contributed by atoms with Gasteiger partial charge in [-0.15, -0.1) is 12.4 Å². The van der Waals surface area contributed by atoms with Crippen molar-refractivity contribution >= 4 is 29.1 Å². The van der Waals surface area contributed by atoms with E-state index < -0.39 is 0 Å². The van der Waals surface area contributed by atoms with Crippen LogP contribution in [-0.2, 0) is 4.79 Å². The Morgan fingerprint density at radius 3 is 2.48 bits per heavy atom. The zero-order valence-corrected chi connectivity index (χ0v) is 13.3. The molecule has 2 rings (SSSR count). The lowest BCUT2D eigenvalue weighted by Gasteiger charge is -2.15. The SMILES string of the molecule is CC(N)CCC(=O)NC(C)c1ccc2ccccc2c1.Cl. The van der Waals surface area contributed by atoms with Gasteiger partial charge in [-0.2, -0.15) is 0 Å². The standard InChI is InChI=1S/C17H22N2O.ClH/c1-12(18)7-10-17(20)19-13(2)15-9-8-14-5-3-4-6-16(14)11-15;/h3-6,8-9,11-13H,7,10,18H2,1-2H3,(H,19,20);1H. The molecule has 0 fully saturated rings. The lowest BCUT2D eigenvalue weighted by Crippen LogP contribution is -2.28. The lowest BCUT2D eigenvalue weighted by atomic mass is 10.0. The van der Waals surface area contributed by atoms with E-state index in [1.54, 1.807) is 0 Å². The van der Waals surface area contributed by atoms with E-state index in [2.05, 4.69) is 35.6 Å². The molecule has 0 bridgehead atoms. The molecule has 2 atom stereocenters. The number of hydrogen-bond donors (Lipinski definition) is 2. The summed E-state index contributed by atoms with van der Waals surface area (Å²) in [7, 11) is 0. The topological polar surface area (TPSA) is 55.1 Å². The summed E-state index contributed by atoms with van der Waals surface area (Å²) in [4.78, 5) is 11.8. The molecular weight excluding hydrogens is 284 g/mol. The first-order valence-corrected chi connectivity index (χ1v) is 7.10. The Morgan fingerprint density at radius 2 is 1.81 bits per heavy atom. The van der Waals surface area contributed by atoms with Gasteiger partial charge in [-0.25, -0.2) is 0 Å². The third-order valence-corrected chi connectivity index (χ3v) is 3.48. The van der Waals surface area contributed by atoms with Crippen LogP contribution >= 0.6 is 12.4 Å².